The van der Waals surface area contributed by atoms with Crippen molar-refractivity contribution in [2.24, 2.45) is 0 Å². The molecule has 0 bridgehead atoms. The van der Waals surface area contributed by atoms with Crippen LogP contribution in [0.15, 0.2) is 42.1 Å². The number of carbonyl (C=O) groups is 2. The Balaban J connectivity index is 2.15. The zero-order valence-corrected chi connectivity index (χ0v) is 20.9. The Bertz CT molecular complexity index is 1040. The van der Waals surface area contributed by atoms with Gasteiger partial charge in [-0.25, -0.2) is 4.79 Å². The maximum Gasteiger partial charge on any atom is 0.338 e. The summed E-state index contributed by atoms with van der Waals surface area (Å²) in [4.78, 5) is 24.9. The number of aryl methyl sites for hydroxylation is 1. The van der Waals surface area contributed by atoms with Crippen LogP contribution in [0, 0.1) is 6.92 Å². The Hall–Kier alpha value is -2.46. The molecule has 0 radical (unpaired) electrons. The van der Waals surface area contributed by atoms with E-state index in [9.17, 15) is 9.59 Å². The molecule has 0 aliphatic heterocycles. The number of rotatable bonds is 5. The van der Waals surface area contributed by atoms with Crippen molar-refractivity contribution in [2.45, 2.75) is 65.6 Å². The largest absolute Gasteiger partial charge is 0.462 e. The molecule has 0 amide bonds. The fourth-order valence-electron chi connectivity index (χ4n) is 4.23. The van der Waals surface area contributed by atoms with E-state index >= 15 is 0 Å². The van der Waals surface area contributed by atoms with Crippen molar-refractivity contribution in [3.05, 3.63) is 75.5 Å². The van der Waals surface area contributed by atoms with Gasteiger partial charge in [-0.1, -0.05) is 57.4 Å². The lowest BCUT2D eigenvalue weighted by Gasteiger charge is -2.33. The smallest absolute Gasteiger partial charge is 0.338 e. The topological polar surface area (TPSA) is 43.4 Å². The second kappa shape index (κ2) is 8.58. The molecule has 0 heterocycles. The Morgan fingerprint density at radius 1 is 1.10 bits per heavy atom. The van der Waals surface area contributed by atoms with Crippen LogP contribution in [0.2, 0.25) is 19.6 Å². The van der Waals surface area contributed by atoms with Gasteiger partial charge in [-0.15, -0.1) is 0 Å². The third-order valence-corrected chi connectivity index (χ3v) is 7.10. The highest BCUT2D eigenvalue weighted by molar-refractivity contribution is 6.81. The van der Waals surface area contributed by atoms with Crippen molar-refractivity contribution in [2.75, 3.05) is 6.61 Å². The fraction of sp³-hybridized carbons (Fsp3) is 0.407. The third kappa shape index (κ3) is 5.07. The summed E-state index contributed by atoms with van der Waals surface area (Å²) in [6.07, 6.45) is 1.49. The minimum Gasteiger partial charge on any atom is -0.462 e. The molecule has 0 saturated heterocycles. The fourth-order valence-corrected chi connectivity index (χ4v) is 5.42. The summed E-state index contributed by atoms with van der Waals surface area (Å²) in [5.74, 6) is -0.0665. The summed E-state index contributed by atoms with van der Waals surface area (Å²) < 4.78 is 5.12. The normalized spacial score (nSPS) is 16.1. The van der Waals surface area contributed by atoms with Crippen molar-refractivity contribution < 1.29 is 14.3 Å². The number of hydrogen-bond acceptors (Lipinski definition) is 3. The summed E-state index contributed by atoms with van der Waals surface area (Å²) in [6.45, 7) is 15.7. The summed E-state index contributed by atoms with van der Waals surface area (Å²) in [6, 6.07) is 12.0. The van der Waals surface area contributed by atoms with Crippen LogP contribution in [-0.2, 0) is 10.2 Å². The van der Waals surface area contributed by atoms with E-state index in [-0.39, 0.29) is 17.2 Å². The van der Waals surface area contributed by atoms with Gasteiger partial charge in [0.15, 0.2) is 5.78 Å². The average Bonchev–Trinajstić information content (AvgIpc) is 2.69. The summed E-state index contributed by atoms with van der Waals surface area (Å²) in [7, 11) is -1.58. The van der Waals surface area contributed by atoms with Gasteiger partial charge in [0.2, 0.25) is 0 Å². The SMILES string of the molecule is CCOC(=O)c1ccc(/C(=C\[Si](C)(C)C)c2cc3c(cc2C)C(C)(C)CCC3=O)cc1. The van der Waals surface area contributed by atoms with E-state index in [2.05, 4.69) is 58.2 Å². The van der Waals surface area contributed by atoms with Gasteiger partial charge in [-0.3, -0.25) is 4.79 Å². The molecule has 3 nitrogen and oxygen atoms in total. The van der Waals surface area contributed by atoms with Crippen LogP contribution < -0.4 is 0 Å². The highest BCUT2D eigenvalue weighted by atomic mass is 28.3. The molecule has 1 aliphatic carbocycles. The van der Waals surface area contributed by atoms with Gasteiger partial charge in [-0.2, -0.15) is 0 Å². The first-order chi connectivity index (χ1) is 14.4. The van der Waals surface area contributed by atoms with Gasteiger partial charge < -0.3 is 4.74 Å². The number of carbonyl (C=O) groups excluding carboxylic acids is 2. The van der Waals surface area contributed by atoms with E-state index in [0.29, 0.717) is 18.6 Å². The molecule has 0 saturated carbocycles. The van der Waals surface area contributed by atoms with Gasteiger partial charge in [0, 0.05) is 12.0 Å². The van der Waals surface area contributed by atoms with Crippen LogP contribution >= 0.6 is 0 Å². The molecule has 0 aromatic heterocycles. The standard InChI is InChI=1S/C27H34O3Si/c1-8-30-26(29)20-11-9-19(10-12-20)23(17-31(5,6)7)21-16-22-24(15-18(21)2)27(3,4)14-13-25(22)28/h9-12,15-17H,8,13-14H2,1-7H3/b23-17+. The number of Topliss-reactive ketones (excluding diaryl/α,β-unsaturated/α-hetero) is 1. The van der Waals surface area contributed by atoms with Crippen molar-refractivity contribution in [3.63, 3.8) is 0 Å². The summed E-state index contributed by atoms with van der Waals surface area (Å²) in [5.41, 5.74) is 9.47. The second-order valence-electron chi connectivity index (χ2n) is 10.2. The molecule has 0 fully saturated rings. The highest BCUT2D eigenvalue weighted by Crippen LogP contribution is 2.40. The van der Waals surface area contributed by atoms with Gasteiger partial charge in [0.05, 0.1) is 20.2 Å². The zero-order chi connectivity index (χ0) is 23.0. The molecule has 3 rings (SSSR count). The molecular formula is C27H34O3Si. The monoisotopic (exact) mass is 434 g/mol. The molecular weight excluding hydrogens is 400 g/mol. The van der Waals surface area contributed by atoms with Crippen LogP contribution in [0.3, 0.4) is 0 Å². The lowest BCUT2D eigenvalue weighted by atomic mass is 9.71. The first kappa shape index (κ1) is 23.2. The molecule has 31 heavy (non-hydrogen) atoms. The van der Waals surface area contributed by atoms with Crippen LogP contribution in [0.1, 0.15) is 76.6 Å². The highest BCUT2D eigenvalue weighted by Gasteiger charge is 2.32. The first-order valence-electron chi connectivity index (χ1n) is 11.1. The Morgan fingerprint density at radius 3 is 2.29 bits per heavy atom. The minimum absolute atomic E-state index is 0.0104. The van der Waals surface area contributed by atoms with E-state index < -0.39 is 8.07 Å². The maximum absolute atomic E-state index is 12.8. The Kier molecular flexibility index (Phi) is 6.42. The van der Waals surface area contributed by atoms with Gasteiger partial charge in [0.25, 0.3) is 0 Å². The predicted octanol–water partition coefficient (Wildman–Crippen LogP) is 6.73. The van der Waals surface area contributed by atoms with E-state index in [1.165, 1.54) is 5.56 Å². The number of benzene rings is 2. The zero-order valence-electron chi connectivity index (χ0n) is 19.9. The van der Waals surface area contributed by atoms with E-state index in [1.54, 1.807) is 0 Å². The lowest BCUT2D eigenvalue weighted by molar-refractivity contribution is 0.0526. The van der Waals surface area contributed by atoms with Crippen molar-refractivity contribution in [1.82, 2.24) is 0 Å². The molecule has 0 unspecified atom stereocenters. The van der Waals surface area contributed by atoms with Crippen molar-refractivity contribution in [3.8, 4) is 0 Å². The van der Waals surface area contributed by atoms with E-state index in [4.69, 9.17) is 4.74 Å². The number of hydrogen-bond donors (Lipinski definition) is 0. The number of ether oxygens (including phenoxy) is 1. The molecule has 1 aliphatic rings. The molecule has 0 atom stereocenters. The number of ketones is 1. The minimum atomic E-state index is -1.58. The number of fused-ring (bicyclic) bond motifs is 1. The first-order valence-corrected chi connectivity index (χ1v) is 14.7. The molecule has 0 spiro atoms. The predicted molar refractivity (Wildman–Crippen MR) is 131 cm³/mol. The van der Waals surface area contributed by atoms with Gasteiger partial charge in [-0.05, 0) is 71.7 Å². The maximum atomic E-state index is 12.8. The second-order valence-corrected chi connectivity index (χ2v) is 15.3. The lowest BCUT2D eigenvalue weighted by Crippen LogP contribution is -2.27. The molecule has 4 heteroatoms. The van der Waals surface area contributed by atoms with E-state index in [0.717, 1.165) is 34.2 Å². The Labute approximate surface area is 187 Å². The molecule has 2 aromatic rings. The molecule has 0 N–H and O–H groups in total. The Morgan fingerprint density at radius 2 is 1.71 bits per heavy atom. The van der Waals surface area contributed by atoms with Crippen LogP contribution in [0.4, 0.5) is 0 Å². The van der Waals surface area contributed by atoms with Crippen molar-refractivity contribution in [1.29, 1.82) is 0 Å². The van der Waals surface area contributed by atoms with E-state index in [1.807, 2.05) is 31.2 Å². The van der Waals surface area contributed by atoms with Crippen LogP contribution in [0.5, 0.6) is 0 Å². The van der Waals surface area contributed by atoms with Crippen LogP contribution in [-0.4, -0.2) is 26.4 Å². The number of esters is 1. The third-order valence-electron chi connectivity index (χ3n) is 5.95. The van der Waals surface area contributed by atoms with Gasteiger partial charge >= 0.3 is 5.97 Å². The summed E-state index contributed by atoms with van der Waals surface area (Å²) >= 11 is 0. The quantitative estimate of drug-likeness (QED) is 0.387. The van der Waals surface area contributed by atoms with Crippen molar-refractivity contribution >= 4 is 25.4 Å². The molecule has 164 valence electrons. The van der Waals surface area contributed by atoms with Crippen LogP contribution in [0.25, 0.3) is 5.57 Å². The van der Waals surface area contributed by atoms with Gasteiger partial charge in [0.1, 0.15) is 0 Å². The summed E-state index contributed by atoms with van der Waals surface area (Å²) in [5, 5.41) is 0. The molecule has 2 aromatic carbocycles. The average molecular weight is 435 g/mol.